The molecule has 4 rings (SSSR count). The minimum absolute atomic E-state index is 0.0398. The molecule has 0 saturated heterocycles. The first-order valence-corrected chi connectivity index (χ1v) is 20.5. The van der Waals surface area contributed by atoms with Gasteiger partial charge in [-0.15, -0.1) is 0 Å². The predicted molar refractivity (Wildman–Crippen MR) is 192 cm³/mol. The van der Waals surface area contributed by atoms with Crippen LogP contribution in [0.25, 0.3) is 0 Å². The molecule has 0 bridgehead atoms. The van der Waals surface area contributed by atoms with Gasteiger partial charge in [-0.2, -0.15) is 0 Å². The Hall–Kier alpha value is -2.85. The first-order chi connectivity index (χ1) is 22.7. The summed E-state index contributed by atoms with van der Waals surface area (Å²) in [5.74, 6) is -0.801. The molecule has 10 heteroatoms. The highest BCUT2D eigenvalue weighted by atomic mass is 28.4. The molecule has 2 saturated carbocycles. The van der Waals surface area contributed by atoms with Crippen molar-refractivity contribution in [2.45, 2.75) is 98.7 Å². The van der Waals surface area contributed by atoms with Gasteiger partial charge < -0.3 is 28.1 Å². The number of fused-ring (bicyclic) bond motifs is 3. The summed E-state index contributed by atoms with van der Waals surface area (Å²) in [6, 6.07) is 0. The smallest absolute Gasteiger partial charge is 0.345 e. The van der Waals surface area contributed by atoms with Crippen LogP contribution in [0.4, 0.5) is 0 Å². The highest BCUT2D eigenvalue weighted by molar-refractivity contribution is 6.74. The van der Waals surface area contributed by atoms with Crippen LogP contribution < -0.4 is 14.2 Å². The Labute approximate surface area is 294 Å². The molecular weight excluding hydrogens is 641 g/mol. The van der Waals surface area contributed by atoms with Crippen molar-refractivity contribution in [2.24, 2.45) is 40.4 Å². The number of carbonyl (C=O) groups is 3. The molecule has 0 radical (unpaired) electrons. The Balaban J connectivity index is 2.03. The van der Waals surface area contributed by atoms with E-state index in [0.717, 1.165) is 12.8 Å². The number of ether oxygens (including phenoxy) is 5. The maximum Gasteiger partial charge on any atom is 0.345 e. The standard InChI is InChI=1S/C39H60O9Si/c1-21(2)18-25(27-32(43-9)28(35(41)46-12)34(45-11)29(33(27)44-10)36(42)47-13)39(8)26(40)19-23-22(20-48-49(14,15)37(3,4)5)16-17-24-31(30(23)39)38(24,6)7/h19,21-22,24-25,30-31H,16-18,20H2,1-15H3/t22-,24-,25+,30-,31-,39+/m1/s1. The monoisotopic (exact) mass is 700 g/mol. The molecule has 0 unspecified atom stereocenters. The van der Waals surface area contributed by atoms with E-state index in [2.05, 4.69) is 68.5 Å². The SMILES string of the molecule is COC(=O)c1c(OC)c(C(=O)OC)c(OC)c([C@H](CC(C)C)[C@@]2(C)C(=O)C=C3[C@@H](CO[Si](C)(C)C(C)(C)C)CC[C@@H]4[C@H]([C@@H]32)C4(C)C)c1OC. The zero-order chi connectivity index (χ0) is 37.0. The van der Waals surface area contributed by atoms with Crippen molar-refractivity contribution < 1.29 is 42.5 Å². The highest BCUT2D eigenvalue weighted by Crippen LogP contribution is 2.74. The van der Waals surface area contributed by atoms with Gasteiger partial charge in [-0.3, -0.25) is 4.79 Å². The topological polar surface area (TPSA) is 107 Å². The molecular formula is C39H60O9Si. The summed E-state index contributed by atoms with van der Waals surface area (Å²) in [6.45, 7) is 22.8. The number of ketones is 1. The average Bonchev–Trinajstić information content (AvgIpc) is 3.53. The van der Waals surface area contributed by atoms with Gasteiger partial charge in [0, 0.05) is 29.4 Å². The van der Waals surface area contributed by atoms with E-state index in [1.165, 1.54) is 41.1 Å². The van der Waals surface area contributed by atoms with Gasteiger partial charge in [-0.25, -0.2) is 9.59 Å². The summed E-state index contributed by atoms with van der Waals surface area (Å²) in [5, 5.41) is 0.0637. The van der Waals surface area contributed by atoms with E-state index in [1.807, 2.05) is 6.08 Å². The summed E-state index contributed by atoms with van der Waals surface area (Å²) < 4.78 is 35.1. The van der Waals surface area contributed by atoms with Crippen LogP contribution in [0.1, 0.15) is 107 Å². The van der Waals surface area contributed by atoms with Crippen molar-refractivity contribution in [3.63, 3.8) is 0 Å². The largest absolute Gasteiger partial charge is 0.495 e. The van der Waals surface area contributed by atoms with Crippen molar-refractivity contribution in [3.8, 4) is 17.2 Å². The Morgan fingerprint density at radius 2 is 1.39 bits per heavy atom. The second-order valence-corrected chi connectivity index (χ2v) is 21.8. The predicted octanol–water partition coefficient (Wildman–Crippen LogP) is 8.25. The normalized spacial score (nSPS) is 26.6. The van der Waals surface area contributed by atoms with Gasteiger partial charge in [0.25, 0.3) is 0 Å². The molecule has 9 nitrogen and oxygen atoms in total. The fourth-order valence-electron chi connectivity index (χ4n) is 8.85. The third kappa shape index (κ3) is 6.34. The van der Waals surface area contributed by atoms with E-state index in [4.69, 9.17) is 28.1 Å². The van der Waals surface area contributed by atoms with Gasteiger partial charge in [-0.1, -0.05) is 61.0 Å². The number of allylic oxidation sites excluding steroid dienone is 1. The molecule has 3 aliphatic carbocycles. The average molecular weight is 701 g/mol. The van der Waals surface area contributed by atoms with Gasteiger partial charge in [-0.05, 0) is 72.6 Å². The molecule has 1 aromatic carbocycles. The number of rotatable bonds is 12. The second-order valence-electron chi connectivity index (χ2n) is 17.0. The first kappa shape index (κ1) is 38.9. The summed E-state index contributed by atoms with van der Waals surface area (Å²) >= 11 is 0. The van der Waals surface area contributed by atoms with Gasteiger partial charge in [0.2, 0.25) is 0 Å². The van der Waals surface area contributed by atoms with Crippen molar-refractivity contribution in [1.82, 2.24) is 0 Å². The summed E-state index contributed by atoms with van der Waals surface area (Å²) in [6.07, 6.45) is 4.51. The van der Waals surface area contributed by atoms with E-state index < -0.39 is 31.6 Å². The van der Waals surface area contributed by atoms with Crippen molar-refractivity contribution >= 4 is 26.0 Å². The third-order valence-electron chi connectivity index (χ3n) is 12.6. The van der Waals surface area contributed by atoms with Crippen LogP contribution in [0.2, 0.25) is 18.1 Å². The minimum atomic E-state index is -2.05. The lowest BCUT2D eigenvalue weighted by Crippen LogP contribution is -2.43. The van der Waals surface area contributed by atoms with E-state index in [-0.39, 0.29) is 68.3 Å². The highest BCUT2D eigenvalue weighted by Gasteiger charge is 2.70. The van der Waals surface area contributed by atoms with Crippen LogP contribution in [0.15, 0.2) is 11.6 Å². The lowest BCUT2D eigenvalue weighted by Gasteiger charge is -2.43. The molecule has 0 spiro atoms. The van der Waals surface area contributed by atoms with Crippen LogP contribution in [0, 0.1) is 40.4 Å². The van der Waals surface area contributed by atoms with Crippen molar-refractivity contribution in [1.29, 1.82) is 0 Å². The zero-order valence-corrected chi connectivity index (χ0v) is 33.5. The van der Waals surface area contributed by atoms with Gasteiger partial charge in [0.05, 0.1) is 35.5 Å². The Morgan fingerprint density at radius 3 is 1.82 bits per heavy atom. The van der Waals surface area contributed by atoms with E-state index in [1.54, 1.807) is 0 Å². The quantitative estimate of drug-likeness (QED) is 0.157. The molecule has 0 amide bonds. The molecule has 49 heavy (non-hydrogen) atoms. The maximum atomic E-state index is 14.9. The molecule has 2 fully saturated rings. The molecule has 274 valence electrons. The molecule has 0 aliphatic heterocycles. The Bertz CT molecular complexity index is 1460. The third-order valence-corrected chi connectivity index (χ3v) is 17.2. The van der Waals surface area contributed by atoms with Crippen LogP contribution in [0.5, 0.6) is 17.2 Å². The number of esters is 2. The summed E-state index contributed by atoms with van der Waals surface area (Å²) in [4.78, 5) is 42.0. The lowest BCUT2D eigenvalue weighted by atomic mass is 9.59. The maximum absolute atomic E-state index is 14.9. The fourth-order valence-corrected chi connectivity index (χ4v) is 9.90. The molecule has 0 N–H and O–H groups in total. The number of hydrogen-bond acceptors (Lipinski definition) is 9. The number of carbonyl (C=O) groups excluding carboxylic acids is 3. The minimum Gasteiger partial charge on any atom is -0.495 e. The Kier molecular flexibility index (Phi) is 10.9. The lowest BCUT2D eigenvalue weighted by molar-refractivity contribution is -0.126. The molecule has 1 aromatic rings. The fraction of sp³-hybridized carbons (Fsp3) is 0.718. The van der Waals surface area contributed by atoms with E-state index in [0.29, 0.717) is 24.5 Å². The van der Waals surface area contributed by atoms with Crippen LogP contribution in [0.3, 0.4) is 0 Å². The van der Waals surface area contributed by atoms with Crippen LogP contribution in [-0.2, 0) is 18.7 Å². The molecule has 6 atom stereocenters. The van der Waals surface area contributed by atoms with Gasteiger partial charge in [0.15, 0.2) is 19.9 Å². The zero-order valence-electron chi connectivity index (χ0n) is 32.5. The van der Waals surface area contributed by atoms with Crippen LogP contribution >= 0.6 is 0 Å². The molecule has 3 aliphatic rings. The second kappa shape index (κ2) is 13.7. The number of benzene rings is 1. The Morgan fingerprint density at radius 1 is 0.878 bits per heavy atom. The van der Waals surface area contributed by atoms with E-state index in [9.17, 15) is 14.4 Å². The van der Waals surface area contributed by atoms with Gasteiger partial charge >= 0.3 is 11.9 Å². The number of methoxy groups -OCH3 is 5. The van der Waals surface area contributed by atoms with Crippen molar-refractivity contribution in [3.05, 3.63) is 28.3 Å². The first-order valence-electron chi connectivity index (χ1n) is 17.6. The van der Waals surface area contributed by atoms with Gasteiger partial charge in [0.1, 0.15) is 22.6 Å². The van der Waals surface area contributed by atoms with Crippen LogP contribution in [-0.4, -0.2) is 68.2 Å². The summed E-state index contributed by atoms with van der Waals surface area (Å²) in [7, 11) is 4.78. The number of hydrogen-bond donors (Lipinski definition) is 0. The van der Waals surface area contributed by atoms with Crippen molar-refractivity contribution in [2.75, 3.05) is 42.2 Å². The van der Waals surface area contributed by atoms with E-state index >= 15 is 0 Å². The summed E-state index contributed by atoms with van der Waals surface area (Å²) in [5.41, 5.74) is 0.638. The molecule has 0 aromatic heterocycles. The molecule has 0 heterocycles.